The van der Waals surface area contributed by atoms with E-state index < -0.39 is 4.92 Å². The Morgan fingerprint density at radius 3 is 2.45 bits per heavy atom. The fraction of sp³-hybridized carbons (Fsp3) is 0.462. The van der Waals surface area contributed by atoms with Gasteiger partial charge in [-0.1, -0.05) is 0 Å². The first kappa shape index (κ1) is 14.3. The van der Waals surface area contributed by atoms with Crippen LogP contribution in [0.25, 0.3) is 0 Å². The second-order valence-corrected chi connectivity index (χ2v) is 4.90. The molecule has 0 radical (unpaired) electrons. The molecule has 7 heteroatoms. The molecule has 0 saturated carbocycles. The molecule has 2 rings (SSSR count). The predicted octanol–water partition coefficient (Wildman–Crippen LogP) is 1.80. The van der Waals surface area contributed by atoms with E-state index in [0.29, 0.717) is 31.2 Å². The topological polar surface area (TPSA) is 102 Å². The lowest BCUT2D eigenvalue weighted by Gasteiger charge is -2.31. The van der Waals surface area contributed by atoms with Gasteiger partial charge < -0.3 is 16.0 Å². The van der Waals surface area contributed by atoms with Gasteiger partial charge in [0.25, 0.3) is 5.69 Å². The zero-order valence-corrected chi connectivity index (χ0v) is 11.1. The van der Waals surface area contributed by atoms with Gasteiger partial charge in [0, 0.05) is 30.9 Å². The number of carbonyl (C=O) groups excluding carboxylic acids is 1. The Bertz CT molecular complexity index is 481. The molecule has 2 amide bonds. The quantitative estimate of drug-likeness (QED) is 0.650. The normalized spacial score (nSPS) is 15.9. The summed E-state index contributed by atoms with van der Waals surface area (Å²) in [4.78, 5) is 23.8. The number of amides is 2. The summed E-state index contributed by atoms with van der Waals surface area (Å²) in [7, 11) is 0. The van der Waals surface area contributed by atoms with E-state index in [0.717, 1.165) is 12.8 Å². The van der Waals surface area contributed by atoms with Gasteiger partial charge in [0.15, 0.2) is 0 Å². The molecule has 7 nitrogen and oxygen atoms in total. The fourth-order valence-electron chi connectivity index (χ4n) is 2.24. The van der Waals surface area contributed by atoms with Crippen LogP contribution in [0.15, 0.2) is 24.3 Å². The smallest absolute Gasteiger partial charge is 0.321 e. The van der Waals surface area contributed by atoms with Crippen LogP contribution in [0.2, 0.25) is 0 Å². The maximum atomic E-state index is 12.0. The first-order valence-corrected chi connectivity index (χ1v) is 6.60. The van der Waals surface area contributed by atoms with Gasteiger partial charge in [0.1, 0.15) is 0 Å². The van der Waals surface area contributed by atoms with E-state index in [-0.39, 0.29) is 11.7 Å². The maximum Gasteiger partial charge on any atom is 0.321 e. The lowest BCUT2D eigenvalue weighted by Crippen LogP contribution is -2.42. The third-order valence-electron chi connectivity index (χ3n) is 3.56. The summed E-state index contributed by atoms with van der Waals surface area (Å²) in [6.07, 6.45) is 1.84. The van der Waals surface area contributed by atoms with Crippen molar-refractivity contribution in [2.75, 3.05) is 25.0 Å². The molecule has 1 aromatic rings. The van der Waals surface area contributed by atoms with E-state index in [2.05, 4.69) is 5.32 Å². The molecule has 0 bridgehead atoms. The number of piperidine rings is 1. The molecule has 0 aliphatic carbocycles. The molecule has 3 N–H and O–H groups in total. The second kappa shape index (κ2) is 6.33. The second-order valence-electron chi connectivity index (χ2n) is 4.90. The summed E-state index contributed by atoms with van der Waals surface area (Å²) in [5.74, 6) is 0.499. The number of carbonyl (C=O) groups is 1. The standard InChI is InChI=1S/C13H18N4O3/c14-9-10-5-7-16(8-6-10)13(18)15-11-1-3-12(4-2-11)17(19)20/h1-4,10H,5-9,14H2,(H,15,18). The van der Waals surface area contributed by atoms with Crippen LogP contribution in [-0.4, -0.2) is 35.5 Å². The minimum Gasteiger partial charge on any atom is -0.330 e. The lowest BCUT2D eigenvalue weighted by atomic mass is 9.97. The van der Waals surface area contributed by atoms with Crippen molar-refractivity contribution in [3.8, 4) is 0 Å². The molecule has 1 aliphatic heterocycles. The van der Waals surface area contributed by atoms with Crippen molar-refractivity contribution in [3.63, 3.8) is 0 Å². The monoisotopic (exact) mass is 278 g/mol. The van der Waals surface area contributed by atoms with Crippen LogP contribution in [0.4, 0.5) is 16.2 Å². The van der Waals surface area contributed by atoms with Gasteiger partial charge in [-0.25, -0.2) is 4.79 Å². The Hall–Kier alpha value is -2.15. The highest BCUT2D eigenvalue weighted by atomic mass is 16.6. The molecule has 1 heterocycles. The van der Waals surface area contributed by atoms with Crippen LogP contribution < -0.4 is 11.1 Å². The van der Waals surface area contributed by atoms with Crippen LogP contribution in [0.5, 0.6) is 0 Å². The van der Waals surface area contributed by atoms with Crippen LogP contribution in [0.3, 0.4) is 0 Å². The Balaban J connectivity index is 1.90. The number of likely N-dealkylation sites (tertiary alicyclic amines) is 1. The van der Waals surface area contributed by atoms with Gasteiger partial charge in [0.05, 0.1) is 4.92 Å². The number of nitrogens with zero attached hydrogens (tertiary/aromatic N) is 2. The molecule has 20 heavy (non-hydrogen) atoms. The highest BCUT2D eigenvalue weighted by Crippen LogP contribution is 2.18. The van der Waals surface area contributed by atoms with Crippen molar-refractivity contribution in [3.05, 3.63) is 34.4 Å². The van der Waals surface area contributed by atoms with E-state index in [1.54, 1.807) is 4.90 Å². The SMILES string of the molecule is NCC1CCN(C(=O)Nc2ccc([N+](=O)[O-])cc2)CC1. The van der Waals surface area contributed by atoms with Crippen molar-refractivity contribution in [2.45, 2.75) is 12.8 Å². The number of nitrogens with one attached hydrogen (secondary N) is 1. The summed E-state index contributed by atoms with van der Waals surface area (Å²) < 4.78 is 0. The van der Waals surface area contributed by atoms with Crippen molar-refractivity contribution in [2.24, 2.45) is 11.7 Å². The molecule has 1 aromatic carbocycles. The van der Waals surface area contributed by atoms with Crippen molar-refractivity contribution >= 4 is 17.4 Å². The van der Waals surface area contributed by atoms with E-state index >= 15 is 0 Å². The zero-order valence-electron chi connectivity index (χ0n) is 11.1. The first-order chi connectivity index (χ1) is 9.60. The zero-order chi connectivity index (χ0) is 14.5. The molecule has 0 unspecified atom stereocenters. The summed E-state index contributed by atoms with van der Waals surface area (Å²) in [5, 5.41) is 13.3. The van der Waals surface area contributed by atoms with Crippen LogP contribution in [0.1, 0.15) is 12.8 Å². The molecule has 108 valence electrons. The Labute approximate surface area is 116 Å². The van der Waals surface area contributed by atoms with Crippen LogP contribution in [-0.2, 0) is 0 Å². The molecule has 1 fully saturated rings. The molecule has 1 saturated heterocycles. The molecule has 0 spiro atoms. The Morgan fingerprint density at radius 1 is 1.35 bits per heavy atom. The average Bonchev–Trinajstić information content (AvgIpc) is 2.48. The fourth-order valence-corrected chi connectivity index (χ4v) is 2.24. The molecule has 0 aromatic heterocycles. The highest BCUT2D eigenvalue weighted by Gasteiger charge is 2.21. The van der Waals surface area contributed by atoms with Gasteiger partial charge in [-0.2, -0.15) is 0 Å². The van der Waals surface area contributed by atoms with Gasteiger partial charge in [-0.15, -0.1) is 0 Å². The third-order valence-corrected chi connectivity index (χ3v) is 3.56. The largest absolute Gasteiger partial charge is 0.330 e. The number of anilines is 1. The molecule has 1 aliphatic rings. The third kappa shape index (κ3) is 3.45. The Morgan fingerprint density at radius 2 is 1.95 bits per heavy atom. The van der Waals surface area contributed by atoms with E-state index in [4.69, 9.17) is 5.73 Å². The molecular formula is C13H18N4O3. The van der Waals surface area contributed by atoms with Gasteiger partial charge in [-0.05, 0) is 37.4 Å². The number of nitro benzene ring substituents is 1. The number of urea groups is 1. The highest BCUT2D eigenvalue weighted by molar-refractivity contribution is 5.89. The van der Waals surface area contributed by atoms with Crippen molar-refractivity contribution < 1.29 is 9.72 Å². The Kier molecular flexibility index (Phi) is 4.52. The summed E-state index contributed by atoms with van der Waals surface area (Å²) in [5.41, 5.74) is 6.18. The number of hydrogen-bond acceptors (Lipinski definition) is 4. The molecular weight excluding hydrogens is 260 g/mol. The van der Waals surface area contributed by atoms with Crippen molar-refractivity contribution in [1.82, 2.24) is 4.90 Å². The van der Waals surface area contributed by atoms with E-state index in [1.165, 1.54) is 24.3 Å². The minimum atomic E-state index is -0.469. The maximum absolute atomic E-state index is 12.0. The summed E-state index contributed by atoms with van der Waals surface area (Å²) >= 11 is 0. The van der Waals surface area contributed by atoms with Crippen LogP contribution in [0, 0.1) is 16.0 Å². The van der Waals surface area contributed by atoms with Gasteiger partial charge >= 0.3 is 6.03 Å². The lowest BCUT2D eigenvalue weighted by molar-refractivity contribution is -0.384. The van der Waals surface area contributed by atoms with Crippen LogP contribution >= 0.6 is 0 Å². The number of rotatable bonds is 3. The van der Waals surface area contributed by atoms with E-state index in [9.17, 15) is 14.9 Å². The average molecular weight is 278 g/mol. The number of non-ortho nitro benzene ring substituents is 1. The predicted molar refractivity (Wildman–Crippen MR) is 75.5 cm³/mol. The number of nitro groups is 1. The summed E-state index contributed by atoms with van der Waals surface area (Å²) in [6.45, 7) is 2.05. The minimum absolute atomic E-state index is 0.00626. The first-order valence-electron chi connectivity index (χ1n) is 6.60. The van der Waals surface area contributed by atoms with Gasteiger partial charge in [-0.3, -0.25) is 10.1 Å². The number of nitrogens with two attached hydrogens (primary N) is 1. The summed E-state index contributed by atoms with van der Waals surface area (Å²) in [6, 6.07) is 5.63. The van der Waals surface area contributed by atoms with E-state index in [1.807, 2.05) is 0 Å². The van der Waals surface area contributed by atoms with Gasteiger partial charge in [0.2, 0.25) is 0 Å². The number of benzene rings is 1. The van der Waals surface area contributed by atoms with Crippen molar-refractivity contribution in [1.29, 1.82) is 0 Å². The number of hydrogen-bond donors (Lipinski definition) is 2. The molecule has 0 atom stereocenters.